The van der Waals surface area contributed by atoms with E-state index >= 15 is 0 Å². The molecule has 3 N–H and O–H groups in total. The van der Waals surface area contributed by atoms with Crippen molar-refractivity contribution in [3.8, 4) is 11.1 Å². The molecule has 2 aromatic carbocycles. The Morgan fingerprint density at radius 1 is 1.10 bits per heavy atom. The van der Waals surface area contributed by atoms with Crippen LogP contribution in [0.4, 0.5) is 0 Å². The molecule has 154 valence electrons. The Balaban J connectivity index is 1.43. The number of H-pyrrole nitrogens is 1. The number of carbonyl (C=O) groups excluding carboxylic acids is 2. The van der Waals surface area contributed by atoms with Gasteiger partial charge >= 0.3 is 0 Å². The Bertz CT molecular complexity index is 1100. The lowest BCUT2D eigenvalue weighted by Gasteiger charge is -2.27. The summed E-state index contributed by atoms with van der Waals surface area (Å²) in [6, 6.07) is 14.8. The fraction of sp³-hybridized carbons (Fsp3) is 0.304. The van der Waals surface area contributed by atoms with Crippen molar-refractivity contribution in [3.63, 3.8) is 0 Å². The van der Waals surface area contributed by atoms with Crippen LogP contribution in [0.3, 0.4) is 0 Å². The molecule has 1 fully saturated rings. The van der Waals surface area contributed by atoms with Gasteiger partial charge in [0.2, 0.25) is 5.91 Å². The van der Waals surface area contributed by atoms with Crippen molar-refractivity contribution in [3.05, 3.63) is 59.8 Å². The number of nitrogens with zero attached hydrogens (tertiary/aromatic N) is 1. The fourth-order valence-corrected chi connectivity index (χ4v) is 4.32. The van der Waals surface area contributed by atoms with Gasteiger partial charge in [0.05, 0.1) is 13.2 Å². The molecule has 2 amide bonds. The molecule has 0 saturated carbocycles. The number of aromatic nitrogens is 1. The molecular formula is C23H24N4O3. The minimum absolute atomic E-state index is 0.196. The maximum atomic E-state index is 13.1. The van der Waals surface area contributed by atoms with E-state index in [2.05, 4.69) is 20.5 Å². The summed E-state index contributed by atoms with van der Waals surface area (Å²) in [7, 11) is 0. The molecule has 3 heterocycles. The van der Waals surface area contributed by atoms with E-state index in [4.69, 9.17) is 4.74 Å². The summed E-state index contributed by atoms with van der Waals surface area (Å²) in [4.78, 5) is 31.6. The fourth-order valence-electron chi connectivity index (χ4n) is 4.32. The summed E-state index contributed by atoms with van der Waals surface area (Å²) in [6.45, 7) is 4.50. The summed E-state index contributed by atoms with van der Waals surface area (Å²) >= 11 is 0. The van der Waals surface area contributed by atoms with Gasteiger partial charge in [-0.25, -0.2) is 0 Å². The topological polar surface area (TPSA) is 86.5 Å². The van der Waals surface area contributed by atoms with Gasteiger partial charge in [0.15, 0.2) is 0 Å². The second-order valence-electron chi connectivity index (χ2n) is 7.66. The molecule has 3 aromatic rings. The van der Waals surface area contributed by atoms with Crippen molar-refractivity contribution >= 4 is 22.7 Å². The highest BCUT2D eigenvalue weighted by molar-refractivity contribution is 6.12. The van der Waals surface area contributed by atoms with Gasteiger partial charge in [-0.3, -0.25) is 14.5 Å². The molecule has 1 unspecified atom stereocenters. The largest absolute Gasteiger partial charge is 0.379 e. The standard InChI is InChI=1S/C23H24N4O3/c28-22(24-9-10-27-11-13-30-14-12-27)20-16-6-2-1-5-15(16)19-17-7-3-4-8-18(17)25-21(19)23(29)26-20/h1-8,20,25H,9-14H2,(H,24,28)(H,26,29). The average Bonchev–Trinajstić information content (AvgIpc) is 3.12. The summed E-state index contributed by atoms with van der Waals surface area (Å²) < 4.78 is 5.36. The van der Waals surface area contributed by atoms with E-state index in [0.29, 0.717) is 12.2 Å². The molecule has 2 aliphatic rings. The van der Waals surface area contributed by atoms with E-state index in [1.807, 2.05) is 48.5 Å². The number of aromatic amines is 1. The normalized spacial score (nSPS) is 18.9. The third-order valence-corrected chi connectivity index (χ3v) is 5.84. The maximum absolute atomic E-state index is 13.1. The maximum Gasteiger partial charge on any atom is 0.269 e. The second kappa shape index (κ2) is 7.93. The lowest BCUT2D eigenvalue weighted by Crippen LogP contribution is -2.44. The monoisotopic (exact) mass is 404 g/mol. The minimum atomic E-state index is -0.738. The number of carbonyl (C=O) groups is 2. The number of para-hydroxylation sites is 1. The van der Waals surface area contributed by atoms with E-state index in [0.717, 1.165) is 60.4 Å². The smallest absolute Gasteiger partial charge is 0.269 e. The highest BCUT2D eigenvalue weighted by Gasteiger charge is 2.32. The van der Waals surface area contributed by atoms with Crippen LogP contribution < -0.4 is 10.6 Å². The zero-order valence-electron chi connectivity index (χ0n) is 16.6. The van der Waals surface area contributed by atoms with Gasteiger partial charge in [0, 0.05) is 42.6 Å². The molecule has 0 radical (unpaired) electrons. The van der Waals surface area contributed by atoms with E-state index in [1.165, 1.54) is 0 Å². The Labute approximate surface area is 174 Å². The molecule has 1 aromatic heterocycles. The first-order valence-electron chi connectivity index (χ1n) is 10.3. The van der Waals surface area contributed by atoms with Gasteiger partial charge in [-0.1, -0.05) is 42.5 Å². The van der Waals surface area contributed by atoms with Gasteiger partial charge in [-0.2, -0.15) is 0 Å². The van der Waals surface area contributed by atoms with Crippen LogP contribution in [0.15, 0.2) is 48.5 Å². The van der Waals surface area contributed by atoms with E-state index < -0.39 is 6.04 Å². The SMILES string of the molecule is O=C1NC(C(=O)NCCN2CCOCC2)c2ccccc2-c2c1[nH]c1ccccc21. The van der Waals surface area contributed by atoms with Crippen molar-refractivity contribution in [2.75, 3.05) is 39.4 Å². The van der Waals surface area contributed by atoms with Crippen molar-refractivity contribution < 1.29 is 14.3 Å². The number of rotatable bonds is 4. The number of benzene rings is 2. The zero-order valence-corrected chi connectivity index (χ0v) is 16.6. The molecule has 1 saturated heterocycles. The third-order valence-electron chi connectivity index (χ3n) is 5.84. The Kier molecular flexibility index (Phi) is 4.98. The quantitative estimate of drug-likeness (QED) is 0.621. The molecule has 0 bridgehead atoms. The first-order chi connectivity index (χ1) is 14.7. The van der Waals surface area contributed by atoms with Crippen LogP contribution in [-0.2, 0) is 9.53 Å². The number of ether oxygens (including phenoxy) is 1. The van der Waals surface area contributed by atoms with E-state index in [1.54, 1.807) is 0 Å². The molecule has 0 aliphatic carbocycles. The number of hydrogen-bond donors (Lipinski definition) is 3. The van der Waals surface area contributed by atoms with E-state index in [9.17, 15) is 9.59 Å². The van der Waals surface area contributed by atoms with Crippen molar-refractivity contribution in [2.45, 2.75) is 6.04 Å². The first kappa shape index (κ1) is 18.8. The first-order valence-corrected chi connectivity index (χ1v) is 10.3. The predicted octanol–water partition coefficient (Wildman–Crippen LogP) is 2.07. The van der Waals surface area contributed by atoms with Gasteiger partial charge in [0.1, 0.15) is 11.7 Å². The Morgan fingerprint density at radius 2 is 1.87 bits per heavy atom. The average molecular weight is 404 g/mol. The van der Waals surface area contributed by atoms with Crippen LogP contribution in [0.2, 0.25) is 0 Å². The summed E-state index contributed by atoms with van der Waals surface area (Å²) in [5, 5.41) is 6.90. The number of morpholine rings is 1. The summed E-state index contributed by atoms with van der Waals surface area (Å²) in [5.74, 6) is -0.468. The minimum Gasteiger partial charge on any atom is -0.379 e. The van der Waals surface area contributed by atoms with Gasteiger partial charge in [-0.15, -0.1) is 0 Å². The molecule has 2 aliphatic heterocycles. The van der Waals surface area contributed by atoms with Crippen LogP contribution in [0.1, 0.15) is 22.1 Å². The van der Waals surface area contributed by atoms with Crippen molar-refractivity contribution in [1.82, 2.24) is 20.5 Å². The lowest BCUT2D eigenvalue weighted by molar-refractivity contribution is -0.123. The highest BCUT2D eigenvalue weighted by Crippen LogP contribution is 2.38. The Morgan fingerprint density at radius 3 is 2.73 bits per heavy atom. The number of hydrogen-bond acceptors (Lipinski definition) is 4. The molecule has 0 spiro atoms. The van der Waals surface area contributed by atoms with Gasteiger partial charge in [0.25, 0.3) is 5.91 Å². The summed E-state index contributed by atoms with van der Waals surface area (Å²) in [5.41, 5.74) is 3.95. The second-order valence-corrected chi connectivity index (χ2v) is 7.66. The molecular weight excluding hydrogens is 380 g/mol. The van der Waals surface area contributed by atoms with Crippen LogP contribution in [-0.4, -0.2) is 61.1 Å². The number of amides is 2. The predicted molar refractivity (Wildman–Crippen MR) is 114 cm³/mol. The molecule has 7 nitrogen and oxygen atoms in total. The summed E-state index contributed by atoms with van der Waals surface area (Å²) in [6.07, 6.45) is 0. The van der Waals surface area contributed by atoms with Crippen LogP contribution in [0.25, 0.3) is 22.0 Å². The number of nitrogens with one attached hydrogen (secondary N) is 3. The zero-order chi connectivity index (χ0) is 20.5. The van der Waals surface area contributed by atoms with Crippen molar-refractivity contribution in [1.29, 1.82) is 0 Å². The van der Waals surface area contributed by atoms with Crippen LogP contribution >= 0.6 is 0 Å². The Hall–Kier alpha value is -3.16. The number of fused-ring (bicyclic) bond motifs is 5. The van der Waals surface area contributed by atoms with Gasteiger partial charge < -0.3 is 20.4 Å². The third kappa shape index (κ3) is 3.36. The molecule has 1 atom stereocenters. The lowest BCUT2D eigenvalue weighted by atomic mass is 9.94. The van der Waals surface area contributed by atoms with E-state index in [-0.39, 0.29) is 11.8 Å². The van der Waals surface area contributed by atoms with Gasteiger partial charge in [-0.05, 0) is 17.2 Å². The molecule has 7 heteroatoms. The van der Waals surface area contributed by atoms with Crippen LogP contribution in [0, 0.1) is 0 Å². The highest BCUT2D eigenvalue weighted by atomic mass is 16.5. The van der Waals surface area contributed by atoms with Crippen molar-refractivity contribution in [2.24, 2.45) is 0 Å². The van der Waals surface area contributed by atoms with Crippen LogP contribution in [0.5, 0.6) is 0 Å². The molecule has 5 rings (SSSR count). The molecule has 30 heavy (non-hydrogen) atoms.